The normalized spacial score (nSPS) is 10.9. The molecule has 3 aromatic rings. The molecule has 2 heterocycles. The number of halogens is 1. The standard InChI is InChI=1S/C16H15IN4O2/c1-9-11(10(2)21-14(18-9)8-16(23)20-21)7-15(22)19-13-6-4-3-5-12(13)17/h3-6,8H,7H2,1-2H3,(H,19,22)(H,20,23). The van der Waals surface area contributed by atoms with Crippen molar-refractivity contribution in [3.63, 3.8) is 0 Å². The average molecular weight is 422 g/mol. The number of hydrogen-bond acceptors (Lipinski definition) is 3. The number of anilines is 1. The molecule has 23 heavy (non-hydrogen) atoms. The lowest BCUT2D eigenvalue weighted by Crippen LogP contribution is -2.18. The predicted octanol–water partition coefficient (Wildman–Crippen LogP) is 2.43. The maximum absolute atomic E-state index is 12.4. The van der Waals surface area contributed by atoms with E-state index in [9.17, 15) is 9.59 Å². The average Bonchev–Trinajstić information content (AvgIpc) is 2.86. The monoisotopic (exact) mass is 422 g/mol. The van der Waals surface area contributed by atoms with Gasteiger partial charge in [0.25, 0.3) is 5.56 Å². The zero-order valence-electron chi connectivity index (χ0n) is 12.7. The van der Waals surface area contributed by atoms with Crippen LogP contribution < -0.4 is 10.9 Å². The Morgan fingerprint density at radius 2 is 2.09 bits per heavy atom. The Bertz CT molecular complexity index is 958. The number of carbonyl (C=O) groups is 1. The smallest absolute Gasteiger partial charge is 0.266 e. The van der Waals surface area contributed by atoms with Crippen LogP contribution in [0.2, 0.25) is 0 Å². The van der Waals surface area contributed by atoms with Crippen LogP contribution in [0.5, 0.6) is 0 Å². The van der Waals surface area contributed by atoms with Gasteiger partial charge >= 0.3 is 0 Å². The Balaban J connectivity index is 1.90. The first-order valence-corrected chi connectivity index (χ1v) is 8.16. The number of aryl methyl sites for hydroxylation is 2. The summed E-state index contributed by atoms with van der Waals surface area (Å²) in [5.41, 5.74) is 3.52. The van der Waals surface area contributed by atoms with Gasteiger partial charge < -0.3 is 5.32 Å². The number of carbonyl (C=O) groups excluding carboxylic acids is 1. The third kappa shape index (κ3) is 3.14. The molecular weight excluding hydrogens is 407 g/mol. The van der Waals surface area contributed by atoms with E-state index in [1.165, 1.54) is 6.07 Å². The van der Waals surface area contributed by atoms with Gasteiger partial charge in [0.1, 0.15) is 0 Å². The van der Waals surface area contributed by atoms with Crippen molar-refractivity contribution in [1.82, 2.24) is 14.6 Å². The topological polar surface area (TPSA) is 79.3 Å². The number of amides is 1. The molecule has 1 aromatic carbocycles. The van der Waals surface area contributed by atoms with Gasteiger partial charge in [-0.15, -0.1) is 0 Å². The molecule has 0 aliphatic rings. The number of benzene rings is 1. The van der Waals surface area contributed by atoms with E-state index in [4.69, 9.17) is 0 Å². The van der Waals surface area contributed by atoms with Crippen molar-refractivity contribution in [3.8, 4) is 0 Å². The van der Waals surface area contributed by atoms with Crippen LogP contribution in [0.25, 0.3) is 5.65 Å². The minimum atomic E-state index is -0.208. The van der Waals surface area contributed by atoms with Crippen LogP contribution in [0, 0.1) is 17.4 Å². The van der Waals surface area contributed by atoms with E-state index in [2.05, 4.69) is 38.0 Å². The fraction of sp³-hybridized carbons (Fsp3) is 0.188. The van der Waals surface area contributed by atoms with Crippen molar-refractivity contribution < 1.29 is 4.79 Å². The lowest BCUT2D eigenvalue weighted by atomic mass is 10.1. The molecule has 0 atom stereocenters. The molecule has 0 fully saturated rings. The van der Waals surface area contributed by atoms with Gasteiger partial charge in [-0.05, 0) is 48.6 Å². The number of nitrogens with zero attached hydrogens (tertiary/aromatic N) is 2. The van der Waals surface area contributed by atoms with Crippen molar-refractivity contribution in [2.75, 3.05) is 5.32 Å². The predicted molar refractivity (Wildman–Crippen MR) is 96.8 cm³/mol. The number of para-hydroxylation sites is 1. The fourth-order valence-electron chi connectivity index (χ4n) is 2.53. The minimum Gasteiger partial charge on any atom is -0.325 e. The summed E-state index contributed by atoms with van der Waals surface area (Å²) in [6.45, 7) is 3.71. The van der Waals surface area contributed by atoms with Gasteiger partial charge in [0.2, 0.25) is 5.91 Å². The molecule has 0 unspecified atom stereocenters. The van der Waals surface area contributed by atoms with E-state index >= 15 is 0 Å². The van der Waals surface area contributed by atoms with Gasteiger partial charge in [-0.2, -0.15) is 0 Å². The van der Waals surface area contributed by atoms with Crippen LogP contribution >= 0.6 is 22.6 Å². The number of aromatic amines is 1. The number of H-pyrrole nitrogens is 1. The molecule has 1 amide bonds. The van der Waals surface area contributed by atoms with Crippen molar-refractivity contribution >= 4 is 39.8 Å². The van der Waals surface area contributed by atoms with E-state index in [-0.39, 0.29) is 17.9 Å². The van der Waals surface area contributed by atoms with Crippen LogP contribution in [0.4, 0.5) is 5.69 Å². The van der Waals surface area contributed by atoms with E-state index in [0.29, 0.717) is 5.65 Å². The lowest BCUT2D eigenvalue weighted by molar-refractivity contribution is -0.115. The molecule has 118 valence electrons. The van der Waals surface area contributed by atoms with Crippen molar-refractivity contribution in [1.29, 1.82) is 0 Å². The summed E-state index contributed by atoms with van der Waals surface area (Å²) >= 11 is 2.18. The van der Waals surface area contributed by atoms with E-state index in [1.54, 1.807) is 4.52 Å². The highest BCUT2D eigenvalue weighted by Crippen LogP contribution is 2.18. The minimum absolute atomic E-state index is 0.115. The van der Waals surface area contributed by atoms with Crippen molar-refractivity contribution in [2.24, 2.45) is 0 Å². The molecular formula is C16H15IN4O2. The van der Waals surface area contributed by atoms with Crippen LogP contribution in [0.3, 0.4) is 0 Å². The van der Waals surface area contributed by atoms with Gasteiger partial charge in [-0.3, -0.25) is 14.7 Å². The summed E-state index contributed by atoms with van der Waals surface area (Å²) in [7, 11) is 0. The second-order valence-electron chi connectivity index (χ2n) is 5.28. The second kappa shape index (κ2) is 6.15. The highest BCUT2D eigenvalue weighted by molar-refractivity contribution is 14.1. The van der Waals surface area contributed by atoms with Crippen LogP contribution in [0.1, 0.15) is 17.0 Å². The first-order chi connectivity index (χ1) is 11.0. The highest BCUT2D eigenvalue weighted by atomic mass is 127. The Labute approximate surface area is 146 Å². The number of hydrogen-bond donors (Lipinski definition) is 2. The number of aromatic nitrogens is 3. The molecule has 0 spiro atoms. The number of fused-ring (bicyclic) bond motifs is 1. The summed E-state index contributed by atoms with van der Waals surface area (Å²) in [6.07, 6.45) is 0.200. The van der Waals surface area contributed by atoms with Crippen LogP contribution in [-0.4, -0.2) is 20.5 Å². The Hall–Kier alpha value is -2.16. The van der Waals surface area contributed by atoms with Crippen LogP contribution in [-0.2, 0) is 11.2 Å². The van der Waals surface area contributed by atoms with Crippen molar-refractivity contribution in [3.05, 3.63) is 61.2 Å². The summed E-state index contributed by atoms with van der Waals surface area (Å²) in [5, 5.41) is 5.60. The zero-order chi connectivity index (χ0) is 16.6. The molecule has 0 saturated carbocycles. The zero-order valence-corrected chi connectivity index (χ0v) is 14.8. The SMILES string of the molecule is Cc1nc2cc(=O)[nH]n2c(C)c1CC(=O)Nc1ccccc1I. The molecule has 0 aliphatic heterocycles. The summed E-state index contributed by atoms with van der Waals surface area (Å²) in [4.78, 5) is 28.2. The largest absolute Gasteiger partial charge is 0.325 e. The molecule has 0 aliphatic carbocycles. The molecule has 0 bridgehead atoms. The van der Waals surface area contributed by atoms with Gasteiger partial charge in [0, 0.05) is 26.6 Å². The third-order valence-electron chi connectivity index (χ3n) is 3.69. The Kier molecular flexibility index (Phi) is 4.20. The van der Waals surface area contributed by atoms with E-state index in [0.717, 1.165) is 26.2 Å². The first-order valence-electron chi connectivity index (χ1n) is 7.08. The quantitative estimate of drug-likeness (QED) is 0.637. The van der Waals surface area contributed by atoms with Crippen molar-refractivity contribution in [2.45, 2.75) is 20.3 Å². The third-order valence-corrected chi connectivity index (χ3v) is 4.63. The second-order valence-corrected chi connectivity index (χ2v) is 6.44. The van der Waals surface area contributed by atoms with E-state index in [1.807, 2.05) is 38.1 Å². The Morgan fingerprint density at radius 1 is 1.35 bits per heavy atom. The molecule has 2 aromatic heterocycles. The first kappa shape index (κ1) is 15.7. The van der Waals surface area contributed by atoms with Crippen LogP contribution in [0.15, 0.2) is 35.1 Å². The van der Waals surface area contributed by atoms with Gasteiger partial charge in [0.15, 0.2) is 5.65 Å². The summed E-state index contributed by atoms with van der Waals surface area (Å²) in [5.74, 6) is -0.115. The molecule has 3 rings (SSSR count). The molecule has 0 radical (unpaired) electrons. The fourth-order valence-corrected chi connectivity index (χ4v) is 3.05. The molecule has 7 heteroatoms. The summed E-state index contributed by atoms with van der Waals surface area (Å²) in [6, 6.07) is 9.05. The lowest BCUT2D eigenvalue weighted by Gasteiger charge is -2.12. The van der Waals surface area contributed by atoms with Gasteiger partial charge in [-0.25, -0.2) is 9.50 Å². The molecule has 2 N–H and O–H groups in total. The maximum atomic E-state index is 12.4. The van der Waals surface area contributed by atoms with E-state index < -0.39 is 0 Å². The van der Waals surface area contributed by atoms with Gasteiger partial charge in [-0.1, -0.05) is 12.1 Å². The molecule has 6 nitrogen and oxygen atoms in total. The maximum Gasteiger partial charge on any atom is 0.266 e. The number of rotatable bonds is 3. The molecule has 0 saturated heterocycles. The summed E-state index contributed by atoms with van der Waals surface area (Å²) < 4.78 is 2.60. The highest BCUT2D eigenvalue weighted by Gasteiger charge is 2.14. The Morgan fingerprint density at radius 3 is 2.83 bits per heavy atom. The van der Waals surface area contributed by atoms with Gasteiger partial charge in [0.05, 0.1) is 12.1 Å². The number of nitrogens with one attached hydrogen (secondary N) is 2.